The van der Waals surface area contributed by atoms with E-state index < -0.39 is 0 Å². The first-order valence-electron chi connectivity index (χ1n) is 9.67. The summed E-state index contributed by atoms with van der Waals surface area (Å²) >= 11 is 7.37. The summed E-state index contributed by atoms with van der Waals surface area (Å²) in [5.41, 5.74) is 2.06. The zero-order valence-electron chi connectivity index (χ0n) is 16.8. The first-order valence-corrected chi connectivity index (χ1v) is 10.9. The number of aromatic nitrogens is 3. The van der Waals surface area contributed by atoms with Gasteiger partial charge >= 0.3 is 0 Å². The maximum atomic E-state index is 12.8. The normalized spacial score (nSPS) is 13.1. The average molecular weight is 429 g/mol. The van der Waals surface area contributed by atoms with Crippen LogP contribution in [0.15, 0.2) is 59.8 Å². The Labute approximate surface area is 180 Å². The van der Waals surface area contributed by atoms with Crippen molar-refractivity contribution in [2.75, 3.05) is 0 Å². The summed E-state index contributed by atoms with van der Waals surface area (Å²) in [4.78, 5) is 12.8. The molecule has 1 N–H and O–H groups in total. The van der Waals surface area contributed by atoms with Gasteiger partial charge in [0.15, 0.2) is 11.0 Å². The molecule has 0 aliphatic carbocycles. The van der Waals surface area contributed by atoms with Crippen molar-refractivity contribution in [2.45, 2.75) is 43.1 Å². The quantitative estimate of drug-likeness (QED) is 0.496. The molecule has 29 heavy (non-hydrogen) atoms. The van der Waals surface area contributed by atoms with Crippen LogP contribution in [0.5, 0.6) is 0 Å². The summed E-state index contributed by atoms with van der Waals surface area (Å²) in [6, 6.07) is 17.6. The molecule has 1 aromatic heterocycles. The molecule has 152 valence electrons. The Hall–Kier alpha value is -2.31. The number of hydrogen-bond acceptors (Lipinski definition) is 4. The molecular formula is C22H25ClN4OS. The Bertz CT molecular complexity index is 943. The molecular weight excluding hydrogens is 404 g/mol. The predicted molar refractivity (Wildman–Crippen MR) is 119 cm³/mol. The smallest absolute Gasteiger partial charge is 0.233 e. The molecule has 7 heteroatoms. The first kappa shape index (κ1) is 21.4. The fraction of sp³-hybridized carbons (Fsp3) is 0.318. The van der Waals surface area contributed by atoms with Crippen LogP contribution in [-0.4, -0.2) is 25.9 Å². The number of rotatable bonds is 8. The number of benzene rings is 2. The molecule has 0 saturated carbocycles. The van der Waals surface area contributed by atoms with E-state index in [0.29, 0.717) is 10.2 Å². The molecule has 3 aromatic rings. The number of carbonyl (C=O) groups is 1. The van der Waals surface area contributed by atoms with Gasteiger partial charge in [-0.05, 0) is 43.2 Å². The number of thioether (sulfide) groups is 1. The minimum Gasteiger partial charge on any atom is -0.348 e. The Morgan fingerprint density at radius 1 is 1.14 bits per heavy atom. The summed E-state index contributed by atoms with van der Waals surface area (Å²) in [6.45, 7) is 4.02. The van der Waals surface area contributed by atoms with Crippen molar-refractivity contribution in [1.29, 1.82) is 0 Å². The number of amides is 1. The minimum atomic E-state index is -0.293. The Kier molecular flexibility index (Phi) is 7.34. The second kappa shape index (κ2) is 9.94. The fourth-order valence-electron chi connectivity index (χ4n) is 3.06. The molecule has 3 rings (SSSR count). The summed E-state index contributed by atoms with van der Waals surface area (Å²) in [5.74, 6) is 0.735. The van der Waals surface area contributed by atoms with Crippen molar-refractivity contribution in [1.82, 2.24) is 20.1 Å². The van der Waals surface area contributed by atoms with Crippen LogP contribution >= 0.6 is 23.4 Å². The van der Waals surface area contributed by atoms with E-state index in [0.717, 1.165) is 29.8 Å². The predicted octanol–water partition coefficient (Wildman–Crippen LogP) is 5.27. The fourth-order valence-corrected chi connectivity index (χ4v) is 4.01. The molecule has 0 saturated heterocycles. The van der Waals surface area contributed by atoms with E-state index >= 15 is 0 Å². The van der Waals surface area contributed by atoms with Crippen LogP contribution in [0, 0.1) is 0 Å². The molecule has 1 amide bonds. The SMILES string of the molecule is CCCC(NC(=O)C(C)Sc1nnc(-c2ccc(Cl)cc2)n1C)c1ccccc1. The van der Waals surface area contributed by atoms with Gasteiger partial charge in [0.2, 0.25) is 5.91 Å². The zero-order valence-corrected chi connectivity index (χ0v) is 18.4. The number of halogens is 1. The van der Waals surface area contributed by atoms with E-state index in [2.05, 4.69) is 34.6 Å². The third kappa shape index (κ3) is 5.40. The topological polar surface area (TPSA) is 59.8 Å². The standard InChI is InChI=1S/C22H25ClN4OS/c1-4-8-19(16-9-6-5-7-10-16)24-21(28)15(2)29-22-26-25-20(27(22)3)17-11-13-18(23)14-12-17/h5-7,9-15,19H,4,8H2,1-3H3,(H,24,28). The highest BCUT2D eigenvalue weighted by molar-refractivity contribution is 8.00. The average Bonchev–Trinajstić information content (AvgIpc) is 3.09. The lowest BCUT2D eigenvalue weighted by molar-refractivity contribution is -0.121. The van der Waals surface area contributed by atoms with Crippen molar-refractivity contribution < 1.29 is 4.79 Å². The molecule has 0 fully saturated rings. The van der Waals surface area contributed by atoms with Crippen LogP contribution in [0.4, 0.5) is 0 Å². The molecule has 1 heterocycles. The molecule has 0 aliphatic heterocycles. The van der Waals surface area contributed by atoms with Gasteiger partial charge in [-0.2, -0.15) is 0 Å². The van der Waals surface area contributed by atoms with Crippen molar-refractivity contribution in [3.8, 4) is 11.4 Å². The molecule has 0 radical (unpaired) electrons. The number of nitrogens with one attached hydrogen (secondary N) is 1. The van der Waals surface area contributed by atoms with Gasteiger partial charge in [-0.1, -0.05) is 67.0 Å². The maximum absolute atomic E-state index is 12.8. The number of nitrogens with zero attached hydrogens (tertiary/aromatic N) is 3. The summed E-state index contributed by atoms with van der Waals surface area (Å²) in [5, 5.41) is 12.8. The second-order valence-corrected chi connectivity index (χ2v) is 8.64. The summed E-state index contributed by atoms with van der Waals surface area (Å²) in [7, 11) is 1.90. The minimum absolute atomic E-state index is 0.00616. The van der Waals surface area contributed by atoms with Crippen molar-refractivity contribution in [3.05, 3.63) is 65.2 Å². The van der Waals surface area contributed by atoms with Crippen molar-refractivity contribution in [3.63, 3.8) is 0 Å². The van der Waals surface area contributed by atoms with Gasteiger partial charge in [-0.3, -0.25) is 4.79 Å². The summed E-state index contributed by atoms with van der Waals surface area (Å²) < 4.78 is 1.90. The molecule has 2 unspecified atom stereocenters. The van der Waals surface area contributed by atoms with Gasteiger partial charge in [0.05, 0.1) is 11.3 Å². The van der Waals surface area contributed by atoms with E-state index in [1.54, 1.807) is 0 Å². The Balaban J connectivity index is 1.68. The Morgan fingerprint density at radius 3 is 2.48 bits per heavy atom. The van der Waals surface area contributed by atoms with E-state index in [1.807, 2.05) is 61.0 Å². The van der Waals surface area contributed by atoms with Crippen LogP contribution < -0.4 is 5.32 Å². The third-order valence-electron chi connectivity index (χ3n) is 4.68. The molecule has 0 aliphatic rings. The monoisotopic (exact) mass is 428 g/mol. The largest absolute Gasteiger partial charge is 0.348 e. The zero-order chi connectivity index (χ0) is 20.8. The molecule has 2 atom stereocenters. The van der Waals surface area contributed by atoms with Crippen LogP contribution in [-0.2, 0) is 11.8 Å². The first-order chi connectivity index (χ1) is 14.0. The van der Waals surface area contributed by atoms with Gasteiger partial charge in [-0.15, -0.1) is 10.2 Å². The number of carbonyl (C=O) groups excluding carboxylic acids is 1. The lowest BCUT2D eigenvalue weighted by Gasteiger charge is -2.21. The lowest BCUT2D eigenvalue weighted by atomic mass is 10.0. The van der Waals surface area contributed by atoms with Crippen LogP contribution in [0.3, 0.4) is 0 Å². The lowest BCUT2D eigenvalue weighted by Crippen LogP contribution is -2.34. The van der Waals surface area contributed by atoms with E-state index in [1.165, 1.54) is 11.8 Å². The second-order valence-electron chi connectivity index (χ2n) is 6.89. The summed E-state index contributed by atoms with van der Waals surface area (Å²) in [6.07, 6.45) is 1.90. The van der Waals surface area contributed by atoms with Crippen molar-refractivity contribution in [2.24, 2.45) is 7.05 Å². The Morgan fingerprint density at radius 2 is 1.83 bits per heavy atom. The maximum Gasteiger partial charge on any atom is 0.233 e. The molecule has 5 nitrogen and oxygen atoms in total. The van der Waals surface area contributed by atoms with E-state index in [-0.39, 0.29) is 17.2 Å². The van der Waals surface area contributed by atoms with Gasteiger partial charge in [-0.25, -0.2) is 0 Å². The van der Waals surface area contributed by atoms with Gasteiger partial charge < -0.3 is 9.88 Å². The molecule has 0 bridgehead atoms. The van der Waals surface area contributed by atoms with Gasteiger partial charge in [0, 0.05) is 17.6 Å². The van der Waals surface area contributed by atoms with Gasteiger partial charge in [0.1, 0.15) is 0 Å². The highest BCUT2D eigenvalue weighted by Crippen LogP contribution is 2.27. The third-order valence-corrected chi connectivity index (χ3v) is 6.07. The van der Waals surface area contributed by atoms with Crippen LogP contribution in [0.25, 0.3) is 11.4 Å². The molecule has 0 spiro atoms. The van der Waals surface area contributed by atoms with E-state index in [4.69, 9.17) is 11.6 Å². The highest BCUT2D eigenvalue weighted by atomic mass is 35.5. The van der Waals surface area contributed by atoms with Crippen LogP contribution in [0.1, 0.15) is 38.3 Å². The number of hydrogen-bond donors (Lipinski definition) is 1. The van der Waals surface area contributed by atoms with Gasteiger partial charge in [0.25, 0.3) is 0 Å². The molecule has 2 aromatic carbocycles. The highest BCUT2D eigenvalue weighted by Gasteiger charge is 2.22. The van der Waals surface area contributed by atoms with E-state index in [9.17, 15) is 4.79 Å². The van der Waals surface area contributed by atoms with Crippen molar-refractivity contribution >= 4 is 29.3 Å². The van der Waals surface area contributed by atoms with Crippen LogP contribution in [0.2, 0.25) is 5.02 Å².